The molecule has 0 aromatic rings. The fourth-order valence-corrected chi connectivity index (χ4v) is 0.717. The van der Waals surface area contributed by atoms with Crippen LogP contribution >= 0.6 is 0 Å². The van der Waals surface area contributed by atoms with Crippen LogP contribution in [0.25, 0.3) is 0 Å². The third-order valence-electron chi connectivity index (χ3n) is 1.15. The molecule has 0 aliphatic carbocycles. The predicted molar refractivity (Wildman–Crippen MR) is 28.2 cm³/mol. The lowest BCUT2D eigenvalue weighted by molar-refractivity contribution is -0.188. The van der Waals surface area contributed by atoms with E-state index in [1.807, 2.05) is 0 Å². The standard InChI is InChI=1S/C5H5NO4/c7-3-10-6-4(8)1-2-5(6)9/h3H,1-2H2/i3+1,7+2. The van der Waals surface area contributed by atoms with E-state index < -0.39 is 11.8 Å². The van der Waals surface area contributed by atoms with E-state index in [0.717, 1.165) is 0 Å². The molecule has 0 aromatic carbocycles. The van der Waals surface area contributed by atoms with E-state index in [2.05, 4.69) is 4.84 Å². The van der Waals surface area contributed by atoms with E-state index in [1.165, 1.54) is 0 Å². The van der Waals surface area contributed by atoms with Crippen molar-refractivity contribution in [3.63, 3.8) is 0 Å². The first-order valence-electron chi connectivity index (χ1n) is 2.72. The van der Waals surface area contributed by atoms with Crippen LogP contribution in [0.5, 0.6) is 0 Å². The van der Waals surface area contributed by atoms with Crippen LogP contribution in [0.1, 0.15) is 12.8 Å². The molecular formula is C5H5NO4. The maximum atomic E-state index is 10.6. The van der Waals surface area contributed by atoms with E-state index in [4.69, 9.17) is 0 Å². The zero-order chi connectivity index (χ0) is 7.56. The summed E-state index contributed by atoms with van der Waals surface area (Å²) in [4.78, 5) is 35.0. The molecule has 0 bridgehead atoms. The number of rotatable bonds is 2. The summed E-state index contributed by atoms with van der Waals surface area (Å²) in [6.45, 7) is 0.0567. The van der Waals surface area contributed by atoms with E-state index in [1.54, 1.807) is 0 Å². The Hall–Kier alpha value is -1.39. The quantitative estimate of drug-likeness (QED) is 0.222. The summed E-state index contributed by atoms with van der Waals surface area (Å²) < 4.78 is 0. The van der Waals surface area contributed by atoms with Crippen LogP contribution in [0, 0.1) is 0 Å². The molecule has 1 heterocycles. The molecule has 54 valence electrons. The maximum Gasteiger partial charge on any atom is 0.321 e. The number of amides is 2. The SMILES string of the molecule is O=C1CCC(=O)N1O[13CH]=[18O]. The zero-order valence-electron chi connectivity index (χ0n) is 5.07. The second kappa shape index (κ2) is 2.47. The molecule has 0 atom stereocenters. The lowest BCUT2D eigenvalue weighted by atomic mass is 10.4. The maximum absolute atomic E-state index is 10.6. The van der Waals surface area contributed by atoms with Crippen molar-refractivity contribution in [3.05, 3.63) is 0 Å². The van der Waals surface area contributed by atoms with Crippen LogP contribution in [0.2, 0.25) is 0 Å². The highest BCUT2D eigenvalue weighted by molar-refractivity contribution is 6.01. The Balaban J connectivity index is 2.62. The van der Waals surface area contributed by atoms with Crippen LogP contribution in [0.4, 0.5) is 0 Å². The Kier molecular flexibility index (Phi) is 1.66. The molecule has 5 heteroatoms. The van der Waals surface area contributed by atoms with Crippen LogP contribution in [-0.2, 0) is 19.2 Å². The van der Waals surface area contributed by atoms with Crippen LogP contribution in [0.15, 0.2) is 0 Å². The van der Waals surface area contributed by atoms with Gasteiger partial charge in [-0.2, -0.15) is 0 Å². The van der Waals surface area contributed by atoms with Crippen molar-refractivity contribution >= 4 is 18.3 Å². The largest absolute Gasteiger partial charge is 0.334 e. The van der Waals surface area contributed by atoms with Crippen molar-refractivity contribution in [2.75, 3.05) is 0 Å². The summed E-state index contributed by atoms with van der Waals surface area (Å²) in [5.41, 5.74) is 0. The molecule has 1 fully saturated rings. The van der Waals surface area contributed by atoms with E-state index >= 15 is 0 Å². The lowest BCUT2D eigenvalue weighted by Gasteiger charge is -2.06. The molecule has 10 heavy (non-hydrogen) atoms. The highest BCUT2D eigenvalue weighted by Gasteiger charge is 2.30. The summed E-state index contributed by atoms with van der Waals surface area (Å²) in [5.74, 6) is -0.922. The zero-order valence-corrected chi connectivity index (χ0v) is 5.07. The van der Waals surface area contributed by atoms with Gasteiger partial charge in [-0.25, -0.2) is 0 Å². The van der Waals surface area contributed by atoms with Crippen LogP contribution < -0.4 is 0 Å². The van der Waals surface area contributed by atoms with Gasteiger partial charge >= 0.3 is 6.47 Å². The van der Waals surface area contributed by atoms with E-state index in [-0.39, 0.29) is 19.3 Å². The van der Waals surface area contributed by atoms with Gasteiger partial charge in [0.25, 0.3) is 11.8 Å². The molecule has 0 radical (unpaired) electrons. The van der Waals surface area contributed by atoms with E-state index in [0.29, 0.717) is 5.06 Å². The number of hydrogen-bond donors (Lipinski definition) is 0. The summed E-state index contributed by atoms with van der Waals surface area (Å²) in [6.07, 6.45) is 0.263. The first kappa shape index (κ1) is 6.73. The second-order valence-corrected chi connectivity index (χ2v) is 1.78. The molecule has 1 saturated heterocycles. The Morgan fingerprint density at radius 2 is 1.90 bits per heavy atom. The van der Waals surface area contributed by atoms with Crippen LogP contribution in [-0.4, -0.2) is 23.3 Å². The van der Waals surface area contributed by atoms with Gasteiger partial charge in [0, 0.05) is 12.8 Å². The molecule has 0 N–H and O–H groups in total. The van der Waals surface area contributed by atoms with Gasteiger partial charge in [0.05, 0.1) is 0 Å². The highest BCUT2D eigenvalue weighted by atomic mass is 18.1. The third kappa shape index (κ3) is 0.975. The van der Waals surface area contributed by atoms with Crippen LogP contribution in [0.3, 0.4) is 0 Å². The normalized spacial score (nSPS) is 17.8. The molecule has 0 aromatic heterocycles. The average molecular weight is 146 g/mol. The number of hydroxylamine groups is 2. The smallest absolute Gasteiger partial charge is 0.321 e. The minimum atomic E-state index is -0.461. The summed E-state index contributed by atoms with van der Waals surface area (Å²) in [7, 11) is 0. The van der Waals surface area contributed by atoms with Gasteiger partial charge in [0.2, 0.25) is 0 Å². The predicted octanol–water partition coefficient (Wildman–Crippen LogP) is -0.777. The van der Waals surface area contributed by atoms with Crippen molar-refractivity contribution < 1.29 is 19.2 Å². The van der Waals surface area contributed by atoms with Gasteiger partial charge < -0.3 is 4.84 Å². The average Bonchev–Trinajstić information content (AvgIpc) is 2.20. The molecule has 0 unspecified atom stereocenters. The monoisotopic (exact) mass is 146 g/mol. The molecule has 1 aliphatic rings. The molecule has 0 spiro atoms. The fraction of sp³-hybridized carbons (Fsp3) is 0.400. The molecule has 5 nitrogen and oxygen atoms in total. The van der Waals surface area contributed by atoms with Gasteiger partial charge in [0.15, 0.2) is 0 Å². The summed E-state index contributed by atoms with van der Waals surface area (Å²) in [6, 6.07) is 0. The number of imide groups is 1. The molecule has 1 rings (SSSR count). The molecule has 2 amide bonds. The Morgan fingerprint density at radius 3 is 2.30 bits per heavy atom. The molecule has 0 saturated carbocycles. The number of nitrogens with zero attached hydrogens (tertiary/aromatic N) is 1. The Labute approximate surface area is 56.5 Å². The third-order valence-corrected chi connectivity index (χ3v) is 1.15. The van der Waals surface area contributed by atoms with Gasteiger partial charge in [-0.15, -0.1) is 5.06 Å². The van der Waals surface area contributed by atoms with Crippen molar-refractivity contribution in [3.8, 4) is 0 Å². The number of carbonyl (C=O) groups excluding carboxylic acids is 3. The van der Waals surface area contributed by atoms with Crippen molar-refractivity contribution in [1.82, 2.24) is 5.06 Å². The first-order chi connectivity index (χ1) is 4.75. The molecular weight excluding hydrogens is 141 g/mol. The first-order valence-corrected chi connectivity index (χ1v) is 2.72. The van der Waals surface area contributed by atoms with Crippen molar-refractivity contribution in [2.24, 2.45) is 0 Å². The van der Waals surface area contributed by atoms with Crippen molar-refractivity contribution in [2.45, 2.75) is 12.8 Å². The topological polar surface area (TPSA) is 63.7 Å². The van der Waals surface area contributed by atoms with Gasteiger partial charge in [-0.05, 0) is 0 Å². The second-order valence-electron chi connectivity index (χ2n) is 1.78. The summed E-state index contributed by atoms with van der Waals surface area (Å²) in [5, 5.41) is 0.479. The number of hydrogen-bond acceptors (Lipinski definition) is 4. The minimum Gasteiger partial charge on any atom is -0.334 e. The lowest BCUT2D eigenvalue weighted by Crippen LogP contribution is -2.28. The highest BCUT2D eigenvalue weighted by Crippen LogP contribution is 2.10. The Bertz CT molecular complexity index is 172. The molecule has 1 aliphatic heterocycles. The summed E-state index contributed by atoms with van der Waals surface area (Å²) >= 11 is 0. The Morgan fingerprint density at radius 1 is 1.40 bits per heavy atom. The van der Waals surface area contributed by atoms with E-state index in [9.17, 15) is 14.4 Å². The van der Waals surface area contributed by atoms with Gasteiger partial charge in [-0.1, -0.05) is 0 Å². The number of carbonyl (C=O) groups is 3. The van der Waals surface area contributed by atoms with Gasteiger partial charge in [-0.3, -0.25) is 14.4 Å². The minimum absolute atomic E-state index is 0.0567. The fourth-order valence-electron chi connectivity index (χ4n) is 0.717. The van der Waals surface area contributed by atoms with Crippen molar-refractivity contribution in [1.29, 1.82) is 0 Å². The van der Waals surface area contributed by atoms with Gasteiger partial charge in [0.1, 0.15) is 0 Å².